The van der Waals surface area contributed by atoms with Gasteiger partial charge in [0, 0.05) is 18.1 Å². The Kier molecular flexibility index (Phi) is 5.75. The fourth-order valence-electron chi connectivity index (χ4n) is 2.96. The Morgan fingerprint density at radius 2 is 2.15 bits per heavy atom. The summed E-state index contributed by atoms with van der Waals surface area (Å²) in [6.07, 6.45) is 0.945. The lowest BCUT2D eigenvalue weighted by Crippen LogP contribution is -2.32. The number of hydrogen-bond donors (Lipinski definition) is 2. The molecule has 0 saturated carbocycles. The maximum absolute atomic E-state index is 13.1. The van der Waals surface area contributed by atoms with Crippen molar-refractivity contribution < 1.29 is 18.7 Å². The number of anilines is 2. The molecule has 27 heavy (non-hydrogen) atoms. The van der Waals surface area contributed by atoms with Crippen LogP contribution in [-0.2, 0) is 11.2 Å². The molecule has 2 aromatic rings. The lowest BCUT2D eigenvalue weighted by atomic mass is 10.1. The van der Waals surface area contributed by atoms with Gasteiger partial charge in [0.05, 0.1) is 23.0 Å². The van der Waals surface area contributed by atoms with E-state index in [1.807, 2.05) is 26.0 Å². The first-order valence-electron chi connectivity index (χ1n) is 8.86. The molecule has 0 unspecified atom stereocenters. The molecule has 0 radical (unpaired) electrons. The number of fused-ring (bicyclic) bond motifs is 1. The quantitative estimate of drug-likeness (QED) is 0.751. The van der Waals surface area contributed by atoms with Crippen molar-refractivity contribution in [3.63, 3.8) is 0 Å². The molecule has 7 heteroatoms. The number of rotatable bonds is 6. The van der Waals surface area contributed by atoms with Crippen LogP contribution >= 0.6 is 11.6 Å². The second kappa shape index (κ2) is 8.05. The average Bonchev–Trinajstić information content (AvgIpc) is 2.96. The van der Waals surface area contributed by atoms with Gasteiger partial charge < -0.3 is 20.1 Å². The number of amides is 1. The second-order valence-corrected chi connectivity index (χ2v) is 6.91. The van der Waals surface area contributed by atoms with E-state index in [2.05, 4.69) is 10.6 Å². The molecule has 1 aliphatic rings. The molecule has 1 heterocycles. The summed E-state index contributed by atoms with van der Waals surface area (Å²) < 4.78 is 24.7. The van der Waals surface area contributed by atoms with Gasteiger partial charge in [0.1, 0.15) is 29.5 Å². The highest BCUT2D eigenvalue weighted by Gasteiger charge is 2.23. The van der Waals surface area contributed by atoms with Gasteiger partial charge >= 0.3 is 0 Å². The number of benzene rings is 2. The zero-order chi connectivity index (χ0) is 19.6. The maximum Gasteiger partial charge on any atom is 0.246 e. The molecule has 5 nitrogen and oxygen atoms in total. The molecule has 0 fully saturated rings. The monoisotopic (exact) mass is 392 g/mol. The molecule has 3 rings (SSSR count). The van der Waals surface area contributed by atoms with Crippen molar-refractivity contribution in [1.29, 1.82) is 0 Å². The first-order valence-corrected chi connectivity index (χ1v) is 9.24. The van der Waals surface area contributed by atoms with E-state index < -0.39 is 11.9 Å². The molecule has 0 aromatic heterocycles. The summed E-state index contributed by atoms with van der Waals surface area (Å²) in [6, 6.07) is 7.05. The van der Waals surface area contributed by atoms with Crippen LogP contribution in [0.25, 0.3) is 0 Å². The lowest BCUT2D eigenvalue weighted by Gasteiger charge is -2.19. The van der Waals surface area contributed by atoms with Crippen molar-refractivity contribution in [2.24, 2.45) is 0 Å². The normalized spacial score (nSPS) is 16.3. The fraction of sp³-hybridized carbons (Fsp3) is 0.350. The summed E-state index contributed by atoms with van der Waals surface area (Å²) >= 11 is 5.97. The topological polar surface area (TPSA) is 59.6 Å². The molecule has 0 aliphatic carbocycles. The third kappa shape index (κ3) is 4.45. The van der Waals surface area contributed by atoms with Crippen molar-refractivity contribution in [2.45, 2.75) is 39.3 Å². The molecular formula is C20H22ClFN2O3. The van der Waals surface area contributed by atoms with Crippen molar-refractivity contribution in [1.82, 2.24) is 0 Å². The van der Waals surface area contributed by atoms with Crippen LogP contribution in [0.2, 0.25) is 5.02 Å². The summed E-state index contributed by atoms with van der Waals surface area (Å²) in [5, 5.41) is 6.00. The van der Waals surface area contributed by atoms with Crippen molar-refractivity contribution >= 4 is 28.9 Å². The Hall–Kier alpha value is -2.47. The predicted octanol–water partition coefficient (Wildman–Crippen LogP) is 4.64. The smallest absolute Gasteiger partial charge is 0.246 e. The van der Waals surface area contributed by atoms with Crippen LogP contribution in [0.4, 0.5) is 15.8 Å². The molecule has 2 atom stereocenters. The van der Waals surface area contributed by atoms with E-state index in [0.717, 1.165) is 23.8 Å². The Bertz CT molecular complexity index is 859. The number of carbonyl (C=O) groups excluding carboxylic acids is 1. The van der Waals surface area contributed by atoms with Gasteiger partial charge in [-0.1, -0.05) is 11.6 Å². The van der Waals surface area contributed by atoms with Crippen LogP contribution in [0.5, 0.6) is 11.5 Å². The third-order valence-electron chi connectivity index (χ3n) is 4.25. The lowest BCUT2D eigenvalue weighted by molar-refractivity contribution is -0.116. The SMILES string of the molecule is CCOc1cc2c(cc1N[C@@H](C)C(=O)Nc1ccc(F)cc1Cl)O[C@@H](C)C2. The molecule has 1 amide bonds. The van der Waals surface area contributed by atoms with Crippen LogP contribution < -0.4 is 20.1 Å². The third-order valence-corrected chi connectivity index (χ3v) is 4.57. The maximum atomic E-state index is 13.1. The molecule has 0 saturated heterocycles. The standard InChI is InChI=1S/C20H22ClFN2O3/c1-4-26-19-8-13-7-11(2)27-18(13)10-17(19)23-12(3)20(25)24-16-6-5-14(22)9-15(16)21/h5-6,8-12,23H,4,7H2,1-3H3,(H,24,25)/t11-,12-/m0/s1. The van der Waals surface area contributed by atoms with Gasteiger partial charge in [-0.25, -0.2) is 4.39 Å². The van der Waals surface area contributed by atoms with Crippen molar-refractivity contribution in [3.8, 4) is 11.5 Å². The van der Waals surface area contributed by atoms with Gasteiger partial charge in [-0.05, 0) is 45.0 Å². The summed E-state index contributed by atoms with van der Waals surface area (Å²) in [5.74, 6) is 0.703. The second-order valence-electron chi connectivity index (χ2n) is 6.50. The van der Waals surface area contributed by atoms with Crippen LogP contribution in [0.1, 0.15) is 26.3 Å². The van der Waals surface area contributed by atoms with Gasteiger partial charge in [0.25, 0.3) is 0 Å². The highest BCUT2D eigenvalue weighted by molar-refractivity contribution is 6.33. The molecule has 1 aliphatic heterocycles. The minimum atomic E-state index is -0.581. The Labute approximate surface area is 162 Å². The number of halogens is 2. The average molecular weight is 393 g/mol. The van der Waals surface area contributed by atoms with Gasteiger partial charge in [0.2, 0.25) is 5.91 Å². The number of ether oxygens (including phenoxy) is 2. The van der Waals surface area contributed by atoms with E-state index in [9.17, 15) is 9.18 Å². The molecular weight excluding hydrogens is 371 g/mol. The Balaban J connectivity index is 1.75. The minimum absolute atomic E-state index is 0.117. The van der Waals surface area contributed by atoms with E-state index >= 15 is 0 Å². The first-order chi connectivity index (χ1) is 12.9. The Morgan fingerprint density at radius 3 is 2.85 bits per heavy atom. The largest absolute Gasteiger partial charge is 0.492 e. The van der Waals surface area contributed by atoms with Gasteiger partial charge in [-0.15, -0.1) is 0 Å². The van der Waals surface area contributed by atoms with Gasteiger partial charge in [0.15, 0.2) is 0 Å². The van der Waals surface area contributed by atoms with Crippen LogP contribution in [0, 0.1) is 5.82 Å². The van der Waals surface area contributed by atoms with E-state index in [1.54, 1.807) is 6.92 Å². The van der Waals surface area contributed by atoms with Crippen molar-refractivity contribution in [2.75, 3.05) is 17.2 Å². The zero-order valence-corrected chi connectivity index (χ0v) is 16.2. The number of hydrogen-bond acceptors (Lipinski definition) is 4. The van der Waals surface area contributed by atoms with E-state index in [1.165, 1.54) is 12.1 Å². The fourth-order valence-corrected chi connectivity index (χ4v) is 3.17. The van der Waals surface area contributed by atoms with Gasteiger partial charge in [-0.3, -0.25) is 4.79 Å². The molecule has 0 spiro atoms. The molecule has 0 bridgehead atoms. The highest BCUT2D eigenvalue weighted by Crippen LogP contribution is 2.38. The summed E-state index contributed by atoms with van der Waals surface area (Å²) in [5.41, 5.74) is 2.12. The number of carbonyl (C=O) groups is 1. The zero-order valence-electron chi connectivity index (χ0n) is 15.4. The van der Waals surface area contributed by atoms with E-state index in [0.29, 0.717) is 23.7 Å². The summed E-state index contributed by atoms with van der Waals surface area (Å²) in [6.45, 7) is 6.15. The minimum Gasteiger partial charge on any atom is -0.492 e. The summed E-state index contributed by atoms with van der Waals surface area (Å²) in [4.78, 5) is 12.5. The van der Waals surface area contributed by atoms with Crippen molar-refractivity contribution in [3.05, 3.63) is 46.7 Å². The van der Waals surface area contributed by atoms with Gasteiger partial charge in [-0.2, -0.15) is 0 Å². The Morgan fingerprint density at radius 1 is 1.37 bits per heavy atom. The predicted molar refractivity (Wildman–Crippen MR) is 105 cm³/mol. The molecule has 2 aromatic carbocycles. The van der Waals surface area contributed by atoms with Crippen LogP contribution in [0.3, 0.4) is 0 Å². The highest BCUT2D eigenvalue weighted by atomic mass is 35.5. The summed E-state index contributed by atoms with van der Waals surface area (Å²) in [7, 11) is 0. The van der Waals surface area contributed by atoms with E-state index in [4.69, 9.17) is 21.1 Å². The number of nitrogens with one attached hydrogen (secondary N) is 2. The van der Waals surface area contributed by atoms with E-state index in [-0.39, 0.29) is 17.0 Å². The molecule has 2 N–H and O–H groups in total. The van der Waals surface area contributed by atoms with Crippen LogP contribution in [-0.4, -0.2) is 24.7 Å². The molecule has 144 valence electrons. The first kappa shape index (κ1) is 19.3. The van der Waals surface area contributed by atoms with Crippen LogP contribution in [0.15, 0.2) is 30.3 Å².